The van der Waals surface area contributed by atoms with Crippen molar-refractivity contribution >= 4 is 76.0 Å². The van der Waals surface area contributed by atoms with Crippen molar-refractivity contribution in [2.45, 2.75) is 27.7 Å². The van der Waals surface area contributed by atoms with Crippen LogP contribution in [0.3, 0.4) is 0 Å². The van der Waals surface area contributed by atoms with Crippen LogP contribution in [-0.2, 0) is 0 Å². The van der Waals surface area contributed by atoms with Gasteiger partial charge in [-0.2, -0.15) is 0 Å². The van der Waals surface area contributed by atoms with Crippen molar-refractivity contribution in [2.24, 2.45) is 0 Å². The zero-order valence-electron chi connectivity index (χ0n) is 38.6. The average Bonchev–Trinajstić information content (AvgIpc) is 3.86. The second-order valence-electron chi connectivity index (χ2n) is 19.1. The molecule has 4 N–H and O–H groups in total. The van der Waals surface area contributed by atoms with Gasteiger partial charge >= 0.3 is 0 Å². The van der Waals surface area contributed by atoms with E-state index < -0.39 is 0 Å². The number of benzene rings is 11. The third kappa shape index (κ3) is 5.84. The van der Waals surface area contributed by atoms with E-state index in [1.165, 1.54) is 104 Å². The molecule has 0 aromatic heterocycles. The third-order valence-electron chi connectivity index (χ3n) is 14.7. The second kappa shape index (κ2) is 15.0. The Hall–Kier alpha value is -8.46. The van der Waals surface area contributed by atoms with E-state index in [0.29, 0.717) is 0 Å². The summed E-state index contributed by atoms with van der Waals surface area (Å²) in [7, 11) is 0. The first-order chi connectivity index (χ1) is 33.2. The van der Waals surface area contributed by atoms with Gasteiger partial charge in [0.25, 0.3) is 0 Å². The maximum atomic E-state index is 8.05. The molecule has 2 heteroatoms. The third-order valence-corrected chi connectivity index (χ3v) is 14.7. The monoisotopic (exact) mass is 868 g/mol. The van der Waals surface area contributed by atoms with Gasteiger partial charge in [0.05, 0.1) is 0 Å². The Labute approximate surface area is 396 Å². The number of nitrogens with two attached hydrogens (primary N) is 2. The summed E-state index contributed by atoms with van der Waals surface area (Å²) >= 11 is 0. The standard InChI is InChI=1S/C66H48N2/c1-37-18-26-43(27-19-37)56-55(42-14-9-6-10-15-42)54(41-12-7-5-8-13-41)52-36-51-50-35-48(67)34-47-16-11-17-49(53(47)50)60(51)65-61(52)62(56)64-59(46-32-24-40(4)25-33-46)66(68)58(45-30-22-39(3)23-31-45)57(63(64)65)44-28-20-38(2)21-29-44/h5-36H,67-68H2,1-4H3. The van der Waals surface area contributed by atoms with Crippen molar-refractivity contribution in [2.75, 3.05) is 11.5 Å². The molecule has 0 heterocycles. The fourth-order valence-electron chi connectivity index (χ4n) is 11.6. The lowest BCUT2D eigenvalue weighted by Gasteiger charge is -2.23. The summed E-state index contributed by atoms with van der Waals surface area (Å²) in [5.74, 6) is 0. The molecule has 0 aliphatic heterocycles. The number of hydrogen-bond donors (Lipinski definition) is 2. The molecule has 0 aliphatic rings. The Morgan fingerprint density at radius 1 is 0.250 bits per heavy atom. The Bertz CT molecular complexity index is 4110. The van der Waals surface area contributed by atoms with Crippen LogP contribution < -0.4 is 11.5 Å². The Balaban J connectivity index is 1.45. The van der Waals surface area contributed by atoms with Crippen molar-refractivity contribution in [1.82, 2.24) is 0 Å². The van der Waals surface area contributed by atoms with Gasteiger partial charge in [-0.05, 0) is 150 Å². The molecule has 0 saturated heterocycles. The Morgan fingerprint density at radius 2 is 0.676 bits per heavy atom. The summed E-state index contributed by atoms with van der Waals surface area (Å²) in [6.45, 7) is 8.66. The summed E-state index contributed by atoms with van der Waals surface area (Å²) in [4.78, 5) is 0. The van der Waals surface area contributed by atoms with Gasteiger partial charge in [0.2, 0.25) is 0 Å². The van der Waals surface area contributed by atoms with Crippen LogP contribution in [0.4, 0.5) is 11.4 Å². The first kappa shape index (κ1) is 39.9. The van der Waals surface area contributed by atoms with Crippen LogP contribution in [0, 0.1) is 27.7 Å². The van der Waals surface area contributed by atoms with Crippen molar-refractivity contribution in [3.63, 3.8) is 0 Å². The first-order valence-electron chi connectivity index (χ1n) is 23.7. The second-order valence-corrected chi connectivity index (χ2v) is 19.1. The van der Waals surface area contributed by atoms with E-state index >= 15 is 0 Å². The number of fused-ring (bicyclic) bond motifs is 7. The number of aryl methyl sites for hydroxylation is 4. The van der Waals surface area contributed by atoms with E-state index in [1.807, 2.05) is 0 Å². The van der Waals surface area contributed by atoms with Crippen LogP contribution in [0.25, 0.3) is 131 Å². The number of rotatable bonds is 6. The topological polar surface area (TPSA) is 52.0 Å². The number of nitrogen functional groups attached to an aromatic ring is 2. The van der Waals surface area contributed by atoms with Gasteiger partial charge in [-0.3, -0.25) is 0 Å². The molecule has 0 radical (unpaired) electrons. The maximum absolute atomic E-state index is 8.05. The van der Waals surface area contributed by atoms with Crippen LogP contribution in [0.5, 0.6) is 0 Å². The molecule has 0 atom stereocenters. The van der Waals surface area contributed by atoms with Crippen LogP contribution in [0.15, 0.2) is 194 Å². The summed E-state index contributed by atoms with van der Waals surface area (Å²) in [5, 5.41) is 14.5. The normalized spacial score (nSPS) is 11.9. The molecule has 322 valence electrons. The van der Waals surface area contributed by atoms with Crippen molar-refractivity contribution in [3.05, 3.63) is 216 Å². The zero-order chi connectivity index (χ0) is 45.9. The number of anilines is 2. The SMILES string of the molecule is Cc1ccc(-c2c(N)c(-c3ccc(C)cc3)c3c4c(-c5ccc(C)cc5)c(-c5ccccc5)c(-c5ccccc5)c5cc6c7cc(N)cc8cccc(c87)c6c(c3c2-c2ccc(C)cc2)c54)cc1. The van der Waals surface area contributed by atoms with Crippen LogP contribution >= 0.6 is 0 Å². The molecule has 68 heavy (non-hydrogen) atoms. The van der Waals surface area contributed by atoms with E-state index in [2.05, 4.69) is 222 Å². The smallest absolute Gasteiger partial charge is 0.0486 e. The molecule has 0 spiro atoms. The molecule has 13 aromatic rings. The minimum absolute atomic E-state index is 0.759. The highest BCUT2D eigenvalue weighted by Crippen LogP contribution is 2.61. The van der Waals surface area contributed by atoms with E-state index in [-0.39, 0.29) is 0 Å². The minimum atomic E-state index is 0.759. The minimum Gasteiger partial charge on any atom is -0.399 e. The van der Waals surface area contributed by atoms with E-state index in [0.717, 1.165) is 61.3 Å². The van der Waals surface area contributed by atoms with Gasteiger partial charge in [-0.15, -0.1) is 0 Å². The lowest BCUT2D eigenvalue weighted by Crippen LogP contribution is -2.00. The largest absolute Gasteiger partial charge is 0.399 e. The molecule has 0 amide bonds. The van der Waals surface area contributed by atoms with Gasteiger partial charge in [-0.1, -0.05) is 198 Å². The molecule has 0 fully saturated rings. The Kier molecular flexibility index (Phi) is 8.81. The Morgan fingerprint density at radius 3 is 1.22 bits per heavy atom. The van der Waals surface area contributed by atoms with Crippen molar-refractivity contribution < 1.29 is 0 Å². The van der Waals surface area contributed by atoms with Gasteiger partial charge in [0.1, 0.15) is 0 Å². The first-order valence-corrected chi connectivity index (χ1v) is 23.7. The van der Waals surface area contributed by atoms with Gasteiger partial charge in [0, 0.05) is 38.8 Å². The van der Waals surface area contributed by atoms with Gasteiger partial charge in [-0.25, -0.2) is 0 Å². The molecule has 0 bridgehead atoms. The fraction of sp³-hybridized carbons (Fsp3) is 0.0606. The lowest BCUT2D eigenvalue weighted by atomic mass is 9.80. The molecule has 2 nitrogen and oxygen atoms in total. The molecule has 0 aliphatic carbocycles. The summed E-state index contributed by atoms with van der Waals surface area (Å²) in [6, 6.07) is 71.9. The molecule has 0 saturated carbocycles. The van der Waals surface area contributed by atoms with Crippen LogP contribution in [-0.4, -0.2) is 0 Å². The fourth-order valence-corrected chi connectivity index (χ4v) is 11.6. The van der Waals surface area contributed by atoms with E-state index in [4.69, 9.17) is 11.5 Å². The van der Waals surface area contributed by atoms with Gasteiger partial charge < -0.3 is 11.5 Å². The highest BCUT2D eigenvalue weighted by molar-refractivity contribution is 6.51. The van der Waals surface area contributed by atoms with Crippen molar-refractivity contribution in [1.29, 1.82) is 0 Å². The summed E-state index contributed by atoms with van der Waals surface area (Å²) in [6.07, 6.45) is 0. The highest BCUT2D eigenvalue weighted by atomic mass is 14.6. The predicted molar refractivity (Wildman–Crippen MR) is 294 cm³/mol. The predicted octanol–water partition coefficient (Wildman–Crippen LogP) is 17.9. The maximum Gasteiger partial charge on any atom is 0.0486 e. The van der Waals surface area contributed by atoms with Crippen LogP contribution in [0.2, 0.25) is 0 Å². The molecular weight excluding hydrogens is 821 g/mol. The van der Waals surface area contributed by atoms with E-state index in [9.17, 15) is 0 Å². The van der Waals surface area contributed by atoms with E-state index in [1.54, 1.807) is 0 Å². The van der Waals surface area contributed by atoms with Crippen molar-refractivity contribution in [3.8, 4) is 66.8 Å². The number of hydrogen-bond acceptors (Lipinski definition) is 2. The van der Waals surface area contributed by atoms with Gasteiger partial charge in [0.15, 0.2) is 0 Å². The molecule has 0 unspecified atom stereocenters. The van der Waals surface area contributed by atoms with Crippen LogP contribution in [0.1, 0.15) is 22.3 Å². The lowest BCUT2D eigenvalue weighted by molar-refractivity contribution is 1.46. The molecule has 13 aromatic carbocycles. The molecular formula is C66H48N2. The molecule has 13 rings (SSSR count). The quantitative estimate of drug-likeness (QED) is 0.164. The summed E-state index contributed by atoms with van der Waals surface area (Å²) in [5.41, 5.74) is 34.9. The summed E-state index contributed by atoms with van der Waals surface area (Å²) < 4.78 is 0. The highest BCUT2D eigenvalue weighted by Gasteiger charge is 2.33. The average molecular weight is 869 g/mol. The zero-order valence-corrected chi connectivity index (χ0v) is 38.6.